The molecule has 0 spiro atoms. The molecule has 0 N–H and O–H groups in total. The Morgan fingerprint density at radius 2 is 2.18 bits per heavy atom. The molecule has 0 aromatic heterocycles. The summed E-state index contributed by atoms with van der Waals surface area (Å²) in [6.45, 7) is 13.0. The molecule has 0 fully saturated rings. The van der Waals surface area contributed by atoms with Gasteiger partial charge in [0.05, 0.1) is 0 Å². The molecule has 1 heterocycles. The van der Waals surface area contributed by atoms with Gasteiger partial charge in [-0.1, -0.05) is 38.1 Å². The SMILES string of the molecule is C=C(C)N1c2ccc(C)cc2[C@@H](C)C[C@H]1CC. The van der Waals surface area contributed by atoms with Crippen molar-refractivity contribution in [3.63, 3.8) is 0 Å². The van der Waals surface area contributed by atoms with Crippen molar-refractivity contribution in [2.75, 3.05) is 4.90 Å². The van der Waals surface area contributed by atoms with E-state index < -0.39 is 0 Å². The Labute approximate surface area is 105 Å². The number of allylic oxidation sites excluding steroid dienone is 1. The quantitative estimate of drug-likeness (QED) is 0.715. The molecule has 0 unspecified atom stereocenters. The molecular weight excluding hydrogens is 206 g/mol. The van der Waals surface area contributed by atoms with Crippen molar-refractivity contribution >= 4 is 5.69 Å². The number of rotatable bonds is 2. The van der Waals surface area contributed by atoms with E-state index in [1.54, 1.807) is 0 Å². The predicted octanol–water partition coefficient (Wildman–Crippen LogP) is 4.62. The number of nitrogens with zero attached hydrogens (tertiary/aromatic N) is 1. The third-order valence-corrected chi connectivity index (χ3v) is 3.85. The Morgan fingerprint density at radius 3 is 2.76 bits per heavy atom. The molecule has 1 aromatic rings. The summed E-state index contributed by atoms with van der Waals surface area (Å²) >= 11 is 0. The highest BCUT2D eigenvalue weighted by atomic mass is 15.2. The van der Waals surface area contributed by atoms with Gasteiger partial charge in [-0.2, -0.15) is 0 Å². The van der Waals surface area contributed by atoms with E-state index in [1.807, 2.05) is 0 Å². The van der Waals surface area contributed by atoms with Crippen LogP contribution in [0.1, 0.15) is 50.7 Å². The van der Waals surface area contributed by atoms with Crippen molar-refractivity contribution in [1.29, 1.82) is 0 Å². The number of benzene rings is 1. The standard InChI is InChI=1S/C16H23N/c1-6-14-10-13(5)15-9-12(4)7-8-16(15)17(14)11(2)3/h7-9,13-14H,2,6,10H2,1,3-5H3/t13-,14+/m0/s1. The van der Waals surface area contributed by atoms with Crippen LogP contribution in [0.15, 0.2) is 30.5 Å². The zero-order valence-electron chi connectivity index (χ0n) is 11.5. The molecule has 0 aliphatic carbocycles. The summed E-state index contributed by atoms with van der Waals surface area (Å²) in [6, 6.07) is 7.41. The molecule has 1 aliphatic rings. The number of anilines is 1. The zero-order chi connectivity index (χ0) is 12.6. The molecular formula is C16H23N. The second-order valence-electron chi connectivity index (χ2n) is 5.37. The number of hydrogen-bond donors (Lipinski definition) is 0. The monoisotopic (exact) mass is 229 g/mol. The third-order valence-electron chi connectivity index (χ3n) is 3.85. The highest BCUT2D eigenvalue weighted by molar-refractivity contribution is 5.62. The van der Waals surface area contributed by atoms with Gasteiger partial charge in [0.15, 0.2) is 0 Å². The summed E-state index contributed by atoms with van der Waals surface area (Å²) in [7, 11) is 0. The van der Waals surface area contributed by atoms with Crippen LogP contribution in [-0.2, 0) is 0 Å². The van der Waals surface area contributed by atoms with E-state index >= 15 is 0 Å². The summed E-state index contributed by atoms with van der Waals surface area (Å²) in [5.74, 6) is 0.658. The number of hydrogen-bond acceptors (Lipinski definition) is 1. The molecule has 17 heavy (non-hydrogen) atoms. The normalized spacial score (nSPS) is 23.4. The van der Waals surface area contributed by atoms with Gasteiger partial charge in [0.25, 0.3) is 0 Å². The lowest BCUT2D eigenvalue weighted by Crippen LogP contribution is -2.38. The summed E-state index contributed by atoms with van der Waals surface area (Å²) in [5, 5.41) is 0. The average Bonchev–Trinajstić information content (AvgIpc) is 2.28. The molecule has 2 rings (SSSR count). The minimum absolute atomic E-state index is 0.609. The lowest BCUT2D eigenvalue weighted by Gasteiger charge is -2.41. The Kier molecular flexibility index (Phi) is 3.28. The lowest BCUT2D eigenvalue weighted by atomic mass is 9.85. The summed E-state index contributed by atoms with van der Waals surface area (Å²) < 4.78 is 0. The van der Waals surface area contributed by atoms with E-state index in [0.717, 1.165) is 5.70 Å². The van der Waals surface area contributed by atoms with E-state index in [9.17, 15) is 0 Å². The van der Waals surface area contributed by atoms with E-state index in [-0.39, 0.29) is 0 Å². The number of aryl methyl sites for hydroxylation is 1. The molecule has 1 heteroatoms. The first-order valence-electron chi connectivity index (χ1n) is 6.59. The largest absolute Gasteiger partial charge is 0.343 e. The van der Waals surface area contributed by atoms with Crippen LogP contribution in [0.25, 0.3) is 0 Å². The second kappa shape index (κ2) is 4.56. The summed E-state index contributed by atoms with van der Waals surface area (Å²) in [4.78, 5) is 2.43. The van der Waals surface area contributed by atoms with Crippen molar-refractivity contribution in [1.82, 2.24) is 0 Å². The molecule has 0 amide bonds. The van der Waals surface area contributed by atoms with Gasteiger partial charge in [-0.15, -0.1) is 0 Å². The van der Waals surface area contributed by atoms with Gasteiger partial charge in [-0.05, 0) is 44.2 Å². The molecule has 1 aromatic carbocycles. The fourth-order valence-corrected chi connectivity index (χ4v) is 2.99. The smallest absolute Gasteiger partial charge is 0.0446 e. The van der Waals surface area contributed by atoms with Gasteiger partial charge < -0.3 is 4.90 Å². The molecule has 1 aliphatic heterocycles. The van der Waals surface area contributed by atoms with Gasteiger partial charge in [-0.3, -0.25) is 0 Å². The van der Waals surface area contributed by atoms with Gasteiger partial charge in [0.1, 0.15) is 0 Å². The molecule has 2 atom stereocenters. The van der Waals surface area contributed by atoms with Crippen LogP contribution in [0.5, 0.6) is 0 Å². The van der Waals surface area contributed by atoms with Crippen molar-refractivity contribution in [2.45, 2.75) is 52.5 Å². The lowest BCUT2D eigenvalue weighted by molar-refractivity contribution is 0.493. The van der Waals surface area contributed by atoms with Crippen LogP contribution in [0.4, 0.5) is 5.69 Å². The molecule has 92 valence electrons. The predicted molar refractivity (Wildman–Crippen MR) is 75.6 cm³/mol. The molecule has 0 bridgehead atoms. The Hall–Kier alpha value is -1.24. The first-order chi connectivity index (χ1) is 8.04. The van der Waals surface area contributed by atoms with Crippen LogP contribution in [0.2, 0.25) is 0 Å². The van der Waals surface area contributed by atoms with Crippen molar-refractivity contribution in [3.8, 4) is 0 Å². The maximum atomic E-state index is 4.15. The van der Waals surface area contributed by atoms with Crippen molar-refractivity contribution < 1.29 is 0 Å². The zero-order valence-corrected chi connectivity index (χ0v) is 11.5. The van der Waals surface area contributed by atoms with Crippen molar-refractivity contribution in [2.24, 2.45) is 0 Å². The van der Waals surface area contributed by atoms with Gasteiger partial charge in [0, 0.05) is 17.4 Å². The second-order valence-corrected chi connectivity index (χ2v) is 5.37. The van der Waals surface area contributed by atoms with Gasteiger partial charge >= 0.3 is 0 Å². The molecule has 0 saturated carbocycles. The van der Waals surface area contributed by atoms with Crippen LogP contribution in [0, 0.1) is 6.92 Å². The van der Waals surface area contributed by atoms with E-state index in [4.69, 9.17) is 0 Å². The van der Waals surface area contributed by atoms with E-state index in [2.05, 4.69) is 57.4 Å². The first kappa shape index (κ1) is 12.2. The molecule has 0 saturated heterocycles. The number of fused-ring (bicyclic) bond motifs is 1. The molecule has 1 nitrogen and oxygen atoms in total. The Bertz CT molecular complexity index is 433. The topological polar surface area (TPSA) is 3.24 Å². The van der Waals surface area contributed by atoms with Crippen LogP contribution in [-0.4, -0.2) is 6.04 Å². The first-order valence-corrected chi connectivity index (χ1v) is 6.59. The fourth-order valence-electron chi connectivity index (χ4n) is 2.99. The minimum Gasteiger partial charge on any atom is -0.343 e. The Morgan fingerprint density at radius 1 is 1.47 bits per heavy atom. The van der Waals surface area contributed by atoms with Gasteiger partial charge in [-0.25, -0.2) is 0 Å². The van der Waals surface area contributed by atoms with Crippen LogP contribution < -0.4 is 4.90 Å². The molecule has 0 radical (unpaired) electrons. The van der Waals surface area contributed by atoms with E-state index in [1.165, 1.54) is 29.7 Å². The maximum absolute atomic E-state index is 4.15. The van der Waals surface area contributed by atoms with Crippen molar-refractivity contribution in [3.05, 3.63) is 41.6 Å². The fraction of sp³-hybridized carbons (Fsp3) is 0.500. The van der Waals surface area contributed by atoms with Crippen LogP contribution >= 0.6 is 0 Å². The highest BCUT2D eigenvalue weighted by Gasteiger charge is 2.29. The average molecular weight is 229 g/mol. The summed E-state index contributed by atoms with van der Waals surface area (Å²) in [5.41, 5.74) is 5.37. The Balaban J connectivity index is 2.52. The minimum atomic E-state index is 0.609. The van der Waals surface area contributed by atoms with Crippen LogP contribution in [0.3, 0.4) is 0 Å². The summed E-state index contributed by atoms with van der Waals surface area (Å²) in [6.07, 6.45) is 2.42. The third kappa shape index (κ3) is 2.11. The maximum Gasteiger partial charge on any atom is 0.0446 e. The van der Waals surface area contributed by atoms with E-state index in [0.29, 0.717) is 12.0 Å². The highest BCUT2D eigenvalue weighted by Crippen LogP contribution is 2.41. The van der Waals surface area contributed by atoms with Gasteiger partial charge in [0.2, 0.25) is 0 Å².